The van der Waals surface area contributed by atoms with E-state index in [-0.39, 0.29) is 12.5 Å². The van der Waals surface area contributed by atoms with Crippen molar-refractivity contribution in [1.29, 1.82) is 0 Å². The third-order valence-electron chi connectivity index (χ3n) is 4.04. The van der Waals surface area contributed by atoms with Crippen LogP contribution in [0.5, 0.6) is 11.5 Å². The van der Waals surface area contributed by atoms with Crippen molar-refractivity contribution in [2.45, 2.75) is 0 Å². The summed E-state index contributed by atoms with van der Waals surface area (Å²) in [5, 5.41) is 10.3. The number of methoxy groups -OCH3 is 1. The van der Waals surface area contributed by atoms with Crippen molar-refractivity contribution in [2.75, 3.05) is 24.4 Å². The van der Waals surface area contributed by atoms with Crippen molar-refractivity contribution < 1.29 is 14.3 Å². The van der Waals surface area contributed by atoms with Crippen LogP contribution >= 0.6 is 12.2 Å². The highest BCUT2D eigenvalue weighted by atomic mass is 32.1. The summed E-state index contributed by atoms with van der Waals surface area (Å²) in [4.78, 5) is 12.1. The lowest BCUT2D eigenvalue weighted by molar-refractivity contribution is -0.118. The number of benzene rings is 3. The molecule has 0 aliphatic carbocycles. The number of carbonyl (C=O) groups excluding carboxylic acids is 1. The number of hydrogen-bond donors (Lipinski definition) is 3. The molecule has 0 heterocycles. The predicted molar refractivity (Wildman–Crippen MR) is 127 cm³/mol. The highest BCUT2D eigenvalue weighted by Crippen LogP contribution is 2.22. The predicted octanol–water partition coefficient (Wildman–Crippen LogP) is 4.03. The molecule has 0 aromatic heterocycles. The van der Waals surface area contributed by atoms with Crippen molar-refractivity contribution in [3.8, 4) is 11.5 Å². The molecule has 158 valence electrons. The van der Waals surface area contributed by atoms with Gasteiger partial charge in [0.2, 0.25) is 0 Å². The van der Waals surface area contributed by atoms with Crippen LogP contribution in [0.4, 0.5) is 11.4 Å². The lowest BCUT2D eigenvalue weighted by atomic mass is 10.2. The molecule has 0 atom stereocenters. The minimum Gasteiger partial charge on any atom is -0.495 e. The van der Waals surface area contributed by atoms with Crippen LogP contribution in [0.3, 0.4) is 0 Å². The monoisotopic (exact) mass is 434 g/mol. The molecule has 31 heavy (non-hydrogen) atoms. The van der Waals surface area contributed by atoms with Crippen molar-refractivity contribution in [3.63, 3.8) is 0 Å². The maximum Gasteiger partial charge on any atom is 0.262 e. The Morgan fingerprint density at radius 1 is 0.968 bits per heavy atom. The van der Waals surface area contributed by atoms with Gasteiger partial charge >= 0.3 is 0 Å². The molecule has 3 N–H and O–H groups in total. The third-order valence-corrected chi connectivity index (χ3v) is 4.24. The van der Waals surface area contributed by atoms with Crippen molar-refractivity contribution in [3.05, 3.63) is 84.4 Å². The average molecular weight is 435 g/mol. The van der Waals surface area contributed by atoms with Crippen LogP contribution in [0.25, 0.3) is 0 Å². The summed E-state index contributed by atoms with van der Waals surface area (Å²) in [6.07, 6.45) is 1.64. The Morgan fingerprint density at radius 3 is 2.42 bits per heavy atom. The molecule has 0 spiro atoms. The summed E-state index contributed by atoms with van der Waals surface area (Å²) < 4.78 is 10.7. The van der Waals surface area contributed by atoms with Crippen LogP contribution in [-0.2, 0) is 4.79 Å². The van der Waals surface area contributed by atoms with Gasteiger partial charge in [0.1, 0.15) is 11.5 Å². The number of hydrogen-bond acceptors (Lipinski definition) is 5. The number of nitrogens with one attached hydrogen (secondary N) is 3. The standard InChI is InChI=1S/C23H22N4O3S/c1-29-21-10-6-5-9-20(21)26-22(28)16-30-19-13-11-17(12-14-19)15-24-27-23(31)25-18-7-3-2-4-8-18/h2-15H,16H2,1H3,(H,26,28)(H2,25,27,31). The van der Waals surface area contributed by atoms with E-state index in [0.29, 0.717) is 22.3 Å². The van der Waals surface area contributed by atoms with Gasteiger partial charge in [-0.15, -0.1) is 0 Å². The Hall–Kier alpha value is -3.91. The lowest BCUT2D eigenvalue weighted by Gasteiger charge is -2.10. The zero-order valence-corrected chi connectivity index (χ0v) is 17.7. The Bertz CT molecular complexity index is 1040. The van der Waals surface area contributed by atoms with E-state index < -0.39 is 0 Å². The number of nitrogens with zero attached hydrogens (tertiary/aromatic N) is 1. The summed E-state index contributed by atoms with van der Waals surface area (Å²) in [6, 6.07) is 23.9. The molecule has 3 aromatic carbocycles. The molecule has 8 heteroatoms. The second kappa shape index (κ2) is 11.3. The Labute approximate surface area is 186 Å². The van der Waals surface area contributed by atoms with E-state index in [1.807, 2.05) is 54.6 Å². The normalized spacial score (nSPS) is 10.4. The maximum atomic E-state index is 12.1. The number of thiocarbonyl (C=S) groups is 1. The van der Waals surface area contributed by atoms with Gasteiger partial charge in [0.15, 0.2) is 11.7 Å². The van der Waals surface area contributed by atoms with Gasteiger partial charge in [-0.3, -0.25) is 10.2 Å². The molecule has 0 aliphatic rings. The smallest absolute Gasteiger partial charge is 0.262 e. The zero-order chi connectivity index (χ0) is 21.9. The van der Waals surface area contributed by atoms with Crippen LogP contribution in [0.2, 0.25) is 0 Å². The number of para-hydroxylation sites is 3. The molecule has 3 rings (SSSR count). The molecule has 0 aliphatic heterocycles. The van der Waals surface area contributed by atoms with E-state index in [1.54, 1.807) is 37.6 Å². The van der Waals surface area contributed by atoms with E-state index in [0.717, 1.165) is 11.3 Å². The highest BCUT2D eigenvalue weighted by molar-refractivity contribution is 7.80. The largest absolute Gasteiger partial charge is 0.495 e. The first kappa shape index (κ1) is 21.8. The first-order chi connectivity index (χ1) is 15.1. The molecule has 0 fully saturated rings. The summed E-state index contributed by atoms with van der Waals surface area (Å²) in [5.41, 5.74) is 5.09. The van der Waals surface area contributed by atoms with Crippen molar-refractivity contribution in [1.82, 2.24) is 5.43 Å². The van der Waals surface area contributed by atoms with Gasteiger partial charge in [0.25, 0.3) is 5.91 Å². The molecule has 0 saturated carbocycles. The second-order valence-electron chi connectivity index (χ2n) is 6.30. The summed E-state index contributed by atoms with van der Waals surface area (Å²) >= 11 is 5.19. The molecular weight excluding hydrogens is 412 g/mol. The van der Waals surface area contributed by atoms with Gasteiger partial charge in [-0.1, -0.05) is 30.3 Å². The first-order valence-corrected chi connectivity index (χ1v) is 9.86. The summed E-state index contributed by atoms with van der Waals surface area (Å²) in [7, 11) is 1.55. The summed E-state index contributed by atoms with van der Waals surface area (Å²) in [5.74, 6) is 0.881. The van der Waals surface area contributed by atoms with Crippen LogP contribution < -0.4 is 25.5 Å². The van der Waals surface area contributed by atoms with Gasteiger partial charge in [-0.05, 0) is 66.3 Å². The molecule has 3 aromatic rings. The topological polar surface area (TPSA) is 84.0 Å². The van der Waals surface area contributed by atoms with E-state index >= 15 is 0 Å². The van der Waals surface area contributed by atoms with Gasteiger partial charge in [-0.2, -0.15) is 5.10 Å². The van der Waals surface area contributed by atoms with Crippen LogP contribution in [0.15, 0.2) is 84.0 Å². The van der Waals surface area contributed by atoms with Crippen LogP contribution in [0.1, 0.15) is 5.56 Å². The van der Waals surface area contributed by atoms with E-state index in [1.165, 1.54) is 0 Å². The molecular formula is C23H22N4O3S. The van der Waals surface area contributed by atoms with Gasteiger partial charge < -0.3 is 20.1 Å². The van der Waals surface area contributed by atoms with Crippen LogP contribution in [0, 0.1) is 0 Å². The minimum absolute atomic E-state index is 0.119. The third kappa shape index (κ3) is 7.13. The fraction of sp³-hybridized carbons (Fsp3) is 0.0870. The molecule has 0 bridgehead atoms. The Kier molecular flexibility index (Phi) is 7.96. The summed E-state index contributed by atoms with van der Waals surface area (Å²) in [6.45, 7) is -0.119. The fourth-order valence-electron chi connectivity index (χ4n) is 2.58. The number of ether oxygens (including phenoxy) is 2. The Morgan fingerprint density at radius 2 is 1.68 bits per heavy atom. The Balaban J connectivity index is 1.43. The van der Waals surface area contributed by atoms with Crippen LogP contribution in [-0.4, -0.2) is 31.0 Å². The molecule has 1 amide bonds. The number of anilines is 2. The zero-order valence-electron chi connectivity index (χ0n) is 16.9. The number of hydrazone groups is 1. The number of rotatable bonds is 8. The SMILES string of the molecule is COc1ccccc1NC(=O)COc1ccc(C=NNC(=S)Nc2ccccc2)cc1. The average Bonchev–Trinajstić information content (AvgIpc) is 2.79. The molecule has 0 radical (unpaired) electrons. The van der Waals surface area contributed by atoms with E-state index in [2.05, 4.69) is 21.2 Å². The van der Waals surface area contributed by atoms with E-state index in [9.17, 15) is 4.79 Å². The first-order valence-electron chi connectivity index (χ1n) is 9.45. The number of carbonyl (C=O) groups is 1. The van der Waals surface area contributed by atoms with E-state index in [4.69, 9.17) is 21.7 Å². The highest BCUT2D eigenvalue weighted by Gasteiger charge is 2.07. The van der Waals surface area contributed by atoms with Gasteiger partial charge in [0, 0.05) is 5.69 Å². The maximum absolute atomic E-state index is 12.1. The molecule has 0 unspecified atom stereocenters. The lowest BCUT2D eigenvalue weighted by Crippen LogP contribution is -2.23. The molecule has 7 nitrogen and oxygen atoms in total. The second-order valence-corrected chi connectivity index (χ2v) is 6.70. The number of amides is 1. The van der Waals surface area contributed by atoms with Gasteiger partial charge in [-0.25, -0.2) is 0 Å². The molecule has 0 saturated heterocycles. The van der Waals surface area contributed by atoms with Crippen molar-refractivity contribution in [2.24, 2.45) is 5.10 Å². The minimum atomic E-state index is -0.279. The van der Waals surface area contributed by atoms with Gasteiger partial charge in [0.05, 0.1) is 19.0 Å². The van der Waals surface area contributed by atoms with Crippen molar-refractivity contribution >= 4 is 40.8 Å². The fourth-order valence-corrected chi connectivity index (χ4v) is 2.75. The quantitative estimate of drug-likeness (QED) is 0.282.